The number of aryl methyl sites for hydroxylation is 1. The van der Waals surface area contributed by atoms with E-state index < -0.39 is 0 Å². The second kappa shape index (κ2) is 6.55. The number of halogens is 1. The summed E-state index contributed by atoms with van der Waals surface area (Å²) >= 11 is 0. The third kappa shape index (κ3) is 3.13. The van der Waals surface area contributed by atoms with Crippen LogP contribution in [0.5, 0.6) is 0 Å². The van der Waals surface area contributed by atoms with Crippen molar-refractivity contribution in [1.29, 1.82) is 0 Å². The highest BCUT2D eigenvalue weighted by Gasteiger charge is 2.27. The lowest BCUT2D eigenvalue weighted by Crippen LogP contribution is -2.31. The number of rotatable bonds is 5. The van der Waals surface area contributed by atoms with Crippen molar-refractivity contribution in [1.82, 2.24) is 0 Å². The van der Waals surface area contributed by atoms with Gasteiger partial charge in [0.2, 0.25) is 0 Å². The number of aliphatic hydroxyl groups excluding tert-OH is 1. The van der Waals surface area contributed by atoms with Gasteiger partial charge in [0.1, 0.15) is 5.82 Å². The van der Waals surface area contributed by atoms with E-state index in [4.69, 9.17) is 10.8 Å². The van der Waals surface area contributed by atoms with Gasteiger partial charge in [0, 0.05) is 30.9 Å². The SMILES string of the molecule is Cc1cc(N2CCCC2CCCO)c([C@@H](C)N)cc1F. The summed E-state index contributed by atoms with van der Waals surface area (Å²) in [6.07, 6.45) is 4.07. The number of hydrogen-bond donors (Lipinski definition) is 2. The summed E-state index contributed by atoms with van der Waals surface area (Å²) in [5.41, 5.74) is 8.62. The molecule has 1 aromatic carbocycles. The largest absolute Gasteiger partial charge is 0.396 e. The Labute approximate surface area is 120 Å². The molecule has 1 aromatic rings. The fourth-order valence-corrected chi connectivity index (χ4v) is 3.08. The van der Waals surface area contributed by atoms with Crippen molar-refractivity contribution >= 4 is 5.69 Å². The third-order valence-electron chi connectivity index (χ3n) is 4.18. The summed E-state index contributed by atoms with van der Waals surface area (Å²) in [6, 6.07) is 3.76. The van der Waals surface area contributed by atoms with E-state index in [1.54, 1.807) is 13.0 Å². The summed E-state index contributed by atoms with van der Waals surface area (Å²) in [6.45, 7) is 4.91. The highest BCUT2D eigenvalue weighted by molar-refractivity contribution is 5.58. The van der Waals surface area contributed by atoms with Gasteiger partial charge in [-0.1, -0.05) is 0 Å². The van der Waals surface area contributed by atoms with Crippen LogP contribution in [0.3, 0.4) is 0 Å². The number of nitrogens with zero attached hydrogens (tertiary/aromatic N) is 1. The van der Waals surface area contributed by atoms with Crippen LogP contribution in [0.25, 0.3) is 0 Å². The molecule has 3 nitrogen and oxygen atoms in total. The fourth-order valence-electron chi connectivity index (χ4n) is 3.08. The van der Waals surface area contributed by atoms with Gasteiger partial charge in [-0.15, -0.1) is 0 Å². The molecule has 0 aromatic heterocycles. The number of nitrogens with two attached hydrogens (primary N) is 1. The van der Waals surface area contributed by atoms with E-state index >= 15 is 0 Å². The number of anilines is 1. The van der Waals surface area contributed by atoms with Gasteiger partial charge in [-0.2, -0.15) is 0 Å². The molecule has 1 saturated heterocycles. The molecule has 20 heavy (non-hydrogen) atoms. The molecule has 0 aliphatic carbocycles. The van der Waals surface area contributed by atoms with Crippen LogP contribution in [0.15, 0.2) is 12.1 Å². The van der Waals surface area contributed by atoms with Crippen LogP contribution in [0.4, 0.5) is 10.1 Å². The van der Waals surface area contributed by atoms with E-state index in [2.05, 4.69) is 4.90 Å². The van der Waals surface area contributed by atoms with E-state index in [0.717, 1.165) is 43.5 Å². The first kappa shape index (κ1) is 15.3. The maximum Gasteiger partial charge on any atom is 0.126 e. The Hall–Kier alpha value is -1.13. The summed E-state index contributed by atoms with van der Waals surface area (Å²) in [5.74, 6) is -0.188. The van der Waals surface area contributed by atoms with Crippen molar-refractivity contribution in [2.75, 3.05) is 18.1 Å². The number of hydrogen-bond acceptors (Lipinski definition) is 3. The molecule has 1 aliphatic rings. The topological polar surface area (TPSA) is 49.5 Å². The minimum Gasteiger partial charge on any atom is -0.396 e. The quantitative estimate of drug-likeness (QED) is 0.872. The maximum atomic E-state index is 13.8. The molecule has 0 radical (unpaired) electrons. The van der Waals surface area contributed by atoms with Crippen LogP contribution in [0, 0.1) is 12.7 Å². The summed E-state index contributed by atoms with van der Waals surface area (Å²) < 4.78 is 13.8. The van der Waals surface area contributed by atoms with Crippen molar-refractivity contribution in [3.8, 4) is 0 Å². The minimum atomic E-state index is -0.188. The smallest absolute Gasteiger partial charge is 0.126 e. The molecule has 1 aliphatic heterocycles. The second-order valence-corrected chi connectivity index (χ2v) is 5.80. The Bertz CT molecular complexity index is 462. The highest BCUT2D eigenvalue weighted by atomic mass is 19.1. The molecule has 1 fully saturated rings. The van der Waals surface area contributed by atoms with Gasteiger partial charge in [0.15, 0.2) is 0 Å². The lowest BCUT2D eigenvalue weighted by molar-refractivity contribution is 0.279. The predicted octanol–water partition coefficient (Wildman–Crippen LogP) is 2.90. The molecule has 0 bridgehead atoms. The lowest BCUT2D eigenvalue weighted by Gasteiger charge is -2.30. The molecular weight excluding hydrogens is 255 g/mol. The first-order valence-corrected chi connectivity index (χ1v) is 7.47. The van der Waals surface area contributed by atoms with E-state index in [-0.39, 0.29) is 18.5 Å². The van der Waals surface area contributed by atoms with Gasteiger partial charge in [0.25, 0.3) is 0 Å². The molecule has 0 saturated carbocycles. The predicted molar refractivity (Wildman–Crippen MR) is 80.4 cm³/mol. The molecule has 112 valence electrons. The monoisotopic (exact) mass is 280 g/mol. The van der Waals surface area contributed by atoms with Crippen LogP contribution in [0.2, 0.25) is 0 Å². The van der Waals surface area contributed by atoms with Crippen molar-refractivity contribution in [2.24, 2.45) is 5.73 Å². The normalized spacial score (nSPS) is 20.4. The Kier molecular flexibility index (Phi) is 5.00. The van der Waals surface area contributed by atoms with Gasteiger partial charge < -0.3 is 15.7 Å². The van der Waals surface area contributed by atoms with Crippen LogP contribution >= 0.6 is 0 Å². The Morgan fingerprint density at radius 1 is 1.50 bits per heavy atom. The van der Waals surface area contributed by atoms with Crippen molar-refractivity contribution < 1.29 is 9.50 Å². The molecule has 3 N–H and O–H groups in total. The maximum absolute atomic E-state index is 13.8. The van der Waals surface area contributed by atoms with Gasteiger partial charge >= 0.3 is 0 Å². The summed E-state index contributed by atoms with van der Waals surface area (Å²) in [5, 5.41) is 9.02. The Balaban J connectivity index is 2.32. The Morgan fingerprint density at radius 2 is 2.25 bits per heavy atom. The zero-order valence-electron chi connectivity index (χ0n) is 12.4. The first-order chi connectivity index (χ1) is 9.54. The van der Waals surface area contributed by atoms with Crippen LogP contribution in [0.1, 0.15) is 49.8 Å². The van der Waals surface area contributed by atoms with E-state index in [1.165, 1.54) is 0 Å². The van der Waals surface area contributed by atoms with Crippen molar-refractivity contribution in [3.63, 3.8) is 0 Å². The number of benzene rings is 1. The average molecular weight is 280 g/mol. The molecule has 1 unspecified atom stereocenters. The zero-order chi connectivity index (χ0) is 14.7. The van der Waals surface area contributed by atoms with E-state index in [9.17, 15) is 4.39 Å². The average Bonchev–Trinajstić information content (AvgIpc) is 2.87. The van der Waals surface area contributed by atoms with Gasteiger partial charge in [-0.3, -0.25) is 0 Å². The first-order valence-electron chi connectivity index (χ1n) is 7.47. The summed E-state index contributed by atoms with van der Waals surface area (Å²) in [4.78, 5) is 2.35. The third-order valence-corrected chi connectivity index (χ3v) is 4.18. The second-order valence-electron chi connectivity index (χ2n) is 5.80. The molecule has 0 amide bonds. The minimum absolute atomic E-state index is 0.181. The fraction of sp³-hybridized carbons (Fsp3) is 0.625. The number of aliphatic hydroxyl groups is 1. The molecule has 4 heteroatoms. The molecular formula is C16H25FN2O. The van der Waals surface area contributed by atoms with Crippen molar-refractivity contribution in [2.45, 2.75) is 51.6 Å². The molecule has 1 heterocycles. The van der Waals surface area contributed by atoms with Crippen LogP contribution < -0.4 is 10.6 Å². The molecule has 0 spiro atoms. The van der Waals surface area contributed by atoms with E-state index in [1.807, 2.05) is 13.0 Å². The van der Waals surface area contributed by atoms with E-state index in [0.29, 0.717) is 11.6 Å². The van der Waals surface area contributed by atoms with Gasteiger partial charge in [0.05, 0.1) is 0 Å². The van der Waals surface area contributed by atoms with Crippen LogP contribution in [-0.4, -0.2) is 24.3 Å². The lowest BCUT2D eigenvalue weighted by atomic mass is 10.0. The highest BCUT2D eigenvalue weighted by Crippen LogP contribution is 2.34. The zero-order valence-corrected chi connectivity index (χ0v) is 12.4. The standard InChI is InChI=1S/C16H25FN2O/c1-11-9-16(14(12(2)18)10-15(11)17)19-7-3-5-13(19)6-4-8-20/h9-10,12-13,20H,3-8,18H2,1-2H3/t12-,13?/m1/s1. The Morgan fingerprint density at radius 3 is 2.90 bits per heavy atom. The van der Waals surface area contributed by atoms with Gasteiger partial charge in [-0.05, 0) is 62.8 Å². The molecule has 2 rings (SSSR count). The van der Waals surface area contributed by atoms with Crippen molar-refractivity contribution in [3.05, 3.63) is 29.1 Å². The summed E-state index contributed by atoms with van der Waals surface area (Å²) in [7, 11) is 0. The van der Waals surface area contributed by atoms with Gasteiger partial charge in [-0.25, -0.2) is 4.39 Å². The molecule has 2 atom stereocenters. The van der Waals surface area contributed by atoms with Crippen LogP contribution in [-0.2, 0) is 0 Å².